The van der Waals surface area contributed by atoms with Gasteiger partial charge in [0.15, 0.2) is 0 Å². The molecule has 2 amide bonds. The van der Waals surface area contributed by atoms with Crippen LogP contribution in [-0.2, 0) is 14.3 Å². The number of carbonyl (C=O) groups excluding carboxylic acids is 2. The summed E-state index contributed by atoms with van der Waals surface area (Å²) in [5.74, 6) is -0.00506. The molecule has 1 heterocycles. The first kappa shape index (κ1) is 15.5. The Morgan fingerprint density at radius 1 is 1.42 bits per heavy atom. The van der Waals surface area contributed by atoms with Crippen molar-refractivity contribution in [2.24, 2.45) is 0 Å². The molecule has 0 aliphatic carbocycles. The lowest BCUT2D eigenvalue weighted by Gasteiger charge is -2.31. The van der Waals surface area contributed by atoms with Crippen LogP contribution in [0.5, 0.6) is 0 Å². The van der Waals surface area contributed by atoms with Crippen molar-refractivity contribution in [3.63, 3.8) is 0 Å². The van der Waals surface area contributed by atoms with Gasteiger partial charge in [-0.25, -0.2) is 4.79 Å². The number of nitrogens with one attached hydrogen (secondary N) is 1. The van der Waals surface area contributed by atoms with Crippen molar-refractivity contribution in [1.82, 2.24) is 10.2 Å². The lowest BCUT2D eigenvalue weighted by molar-refractivity contribution is -0.122. The van der Waals surface area contributed by atoms with Gasteiger partial charge in [0.25, 0.3) is 0 Å². The van der Waals surface area contributed by atoms with E-state index in [4.69, 9.17) is 9.47 Å². The second-order valence-electron chi connectivity index (χ2n) is 4.44. The summed E-state index contributed by atoms with van der Waals surface area (Å²) >= 11 is 0. The van der Waals surface area contributed by atoms with Gasteiger partial charge in [0.1, 0.15) is 6.61 Å². The molecular formula is C13H22N2O4. The van der Waals surface area contributed by atoms with Gasteiger partial charge in [-0.2, -0.15) is 0 Å². The van der Waals surface area contributed by atoms with Crippen LogP contribution in [-0.4, -0.2) is 56.4 Å². The molecule has 1 saturated heterocycles. The van der Waals surface area contributed by atoms with Crippen LogP contribution < -0.4 is 5.32 Å². The summed E-state index contributed by atoms with van der Waals surface area (Å²) in [6.07, 6.45) is 3.10. The van der Waals surface area contributed by atoms with Gasteiger partial charge in [-0.1, -0.05) is 12.7 Å². The molecule has 1 fully saturated rings. The Balaban J connectivity index is 2.23. The van der Waals surface area contributed by atoms with Crippen LogP contribution in [0.3, 0.4) is 0 Å². The van der Waals surface area contributed by atoms with E-state index in [2.05, 4.69) is 11.9 Å². The molecule has 0 aromatic heterocycles. The minimum absolute atomic E-state index is 0.00506. The molecule has 19 heavy (non-hydrogen) atoms. The zero-order valence-electron chi connectivity index (χ0n) is 11.4. The van der Waals surface area contributed by atoms with E-state index in [0.29, 0.717) is 26.1 Å². The summed E-state index contributed by atoms with van der Waals surface area (Å²) in [7, 11) is 1.57. The van der Waals surface area contributed by atoms with Crippen LogP contribution in [0, 0.1) is 0 Å². The fourth-order valence-electron chi connectivity index (χ4n) is 1.92. The quantitative estimate of drug-likeness (QED) is 0.729. The van der Waals surface area contributed by atoms with E-state index in [9.17, 15) is 9.59 Å². The van der Waals surface area contributed by atoms with E-state index >= 15 is 0 Å². The number of nitrogens with zero attached hydrogens (tertiary/aromatic N) is 1. The molecule has 0 bridgehead atoms. The Hall–Kier alpha value is -1.56. The number of hydrogen-bond acceptors (Lipinski definition) is 4. The summed E-state index contributed by atoms with van der Waals surface area (Å²) in [5, 5.41) is 2.94. The lowest BCUT2D eigenvalue weighted by Crippen LogP contribution is -2.46. The molecule has 0 atom stereocenters. The van der Waals surface area contributed by atoms with Crippen molar-refractivity contribution in [3.8, 4) is 0 Å². The minimum atomic E-state index is -0.316. The minimum Gasteiger partial charge on any atom is -0.445 e. The van der Waals surface area contributed by atoms with Crippen molar-refractivity contribution in [2.45, 2.75) is 25.3 Å². The highest BCUT2D eigenvalue weighted by Gasteiger charge is 2.24. The number of ether oxygens (including phenoxy) is 2. The molecule has 6 nitrogen and oxygen atoms in total. The number of methoxy groups -OCH3 is 1. The molecule has 108 valence electrons. The van der Waals surface area contributed by atoms with Crippen molar-refractivity contribution >= 4 is 12.0 Å². The van der Waals surface area contributed by atoms with Gasteiger partial charge in [-0.3, -0.25) is 4.79 Å². The predicted octanol–water partition coefficient (Wildman–Crippen LogP) is 0.926. The third kappa shape index (κ3) is 5.74. The number of carbonyl (C=O) groups is 2. The largest absolute Gasteiger partial charge is 0.445 e. The lowest BCUT2D eigenvalue weighted by atomic mass is 10.1. The van der Waals surface area contributed by atoms with Gasteiger partial charge in [0.05, 0.1) is 6.61 Å². The molecule has 6 heteroatoms. The topological polar surface area (TPSA) is 67.9 Å². The SMILES string of the molecule is C=CCOC(=O)N1CCC(NC(=O)CCOC)CC1. The maximum atomic E-state index is 11.6. The third-order valence-corrected chi connectivity index (χ3v) is 2.98. The molecule has 0 unspecified atom stereocenters. The molecule has 1 aliphatic rings. The number of hydrogen-bond donors (Lipinski definition) is 1. The standard InChI is InChI=1S/C13H22N2O4/c1-3-9-19-13(17)15-7-4-11(5-8-15)14-12(16)6-10-18-2/h3,11H,1,4-10H2,2H3,(H,14,16). The fourth-order valence-corrected chi connectivity index (χ4v) is 1.92. The molecule has 1 aliphatic heterocycles. The number of piperidine rings is 1. The van der Waals surface area contributed by atoms with E-state index in [1.807, 2.05) is 0 Å². The van der Waals surface area contributed by atoms with Crippen LogP contribution in [0.2, 0.25) is 0 Å². The van der Waals surface area contributed by atoms with E-state index in [0.717, 1.165) is 12.8 Å². The molecule has 0 spiro atoms. The first-order valence-electron chi connectivity index (χ1n) is 6.48. The first-order valence-corrected chi connectivity index (χ1v) is 6.48. The second-order valence-corrected chi connectivity index (χ2v) is 4.44. The van der Waals surface area contributed by atoms with E-state index < -0.39 is 0 Å². The highest BCUT2D eigenvalue weighted by Crippen LogP contribution is 2.11. The summed E-state index contributed by atoms with van der Waals surface area (Å²) in [4.78, 5) is 24.8. The average Bonchev–Trinajstić information content (AvgIpc) is 2.43. The van der Waals surface area contributed by atoms with Crippen LogP contribution >= 0.6 is 0 Å². The molecule has 0 aromatic carbocycles. The fraction of sp³-hybridized carbons (Fsp3) is 0.692. The van der Waals surface area contributed by atoms with Crippen molar-refractivity contribution in [1.29, 1.82) is 0 Å². The maximum absolute atomic E-state index is 11.6. The molecular weight excluding hydrogens is 248 g/mol. The molecule has 1 N–H and O–H groups in total. The first-order chi connectivity index (χ1) is 9.17. The second kappa shape index (κ2) is 8.53. The number of likely N-dealkylation sites (tertiary alicyclic amines) is 1. The average molecular weight is 270 g/mol. The summed E-state index contributed by atoms with van der Waals surface area (Å²) in [5.41, 5.74) is 0. The van der Waals surface area contributed by atoms with Gasteiger partial charge in [0.2, 0.25) is 5.91 Å². The Kier molecular flexibility index (Phi) is 6.95. The molecule has 1 rings (SSSR count). The van der Waals surface area contributed by atoms with E-state index in [1.165, 1.54) is 0 Å². The molecule has 0 radical (unpaired) electrons. The number of rotatable bonds is 6. The third-order valence-electron chi connectivity index (χ3n) is 2.98. The number of amides is 2. The molecule has 0 aromatic rings. The maximum Gasteiger partial charge on any atom is 0.410 e. The van der Waals surface area contributed by atoms with Gasteiger partial charge in [0, 0.05) is 32.7 Å². The van der Waals surface area contributed by atoms with Crippen molar-refractivity contribution in [2.75, 3.05) is 33.4 Å². The monoisotopic (exact) mass is 270 g/mol. The van der Waals surface area contributed by atoms with Crippen LogP contribution in [0.25, 0.3) is 0 Å². The van der Waals surface area contributed by atoms with Crippen molar-refractivity contribution < 1.29 is 19.1 Å². The van der Waals surface area contributed by atoms with Crippen LogP contribution in [0.4, 0.5) is 4.79 Å². The normalized spacial score (nSPS) is 15.9. The Labute approximate surface area is 113 Å². The van der Waals surface area contributed by atoms with Gasteiger partial charge < -0.3 is 19.7 Å². The van der Waals surface area contributed by atoms with E-state index in [-0.39, 0.29) is 24.6 Å². The van der Waals surface area contributed by atoms with Gasteiger partial charge >= 0.3 is 6.09 Å². The summed E-state index contributed by atoms with van der Waals surface area (Å²) < 4.78 is 9.81. The molecule has 0 saturated carbocycles. The van der Waals surface area contributed by atoms with Gasteiger partial charge in [-0.05, 0) is 12.8 Å². The predicted molar refractivity (Wildman–Crippen MR) is 70.8 cm³/mol. The summed E-state index contributed by atoms with van der Waals surface area (Å²) in [6, 6.07) is 0.132. The summed E-state index contributed by atoms with van der Waals surface area (Å²) in [6.45, 7) is 5.36. The Morgan fingerprint density at radius 2 is 2.11 bits per heavy atom. The van der Waals surface area contributed by atoms with Crippen molar-refractivity contribution in [3.05, 3.63) is 12.7 Å². The van der Waals surface area contributed by atoms with Gasteiger partial charge in [-0.15, -0.1) is 0 Å². The Morgan fingerprint density at radius 3 is 2.68 bits per heavy atom. The van der Waals surface area contributed by atoms with E-state index in [1.54, 1.807) is 18.1 Å². The zero-order valence-corrected chi connectivity index (χ0v) is 11.4. The van der Waals surface area contributed by atoms with Crippen LogP contribution in [0.1, 0.15) is 19.3 Å². The highest BCUT2D eigenvalue weighted by molar-refractivity contribution is 5.76. The smallest absolute Gasteiger partial charge is 0.410 e. The Bertz CT molecular complexity index is 312. The zero-order chi connectivity index (χ0) is 14.1. The highest BCUT2D eigenvalue weighted by atomic mass is 16.6. The van der Waals surface area contributed by atoms with Crippen LogP contribution in [0.15, 0.2) is 12.7 Å².